The normalized spacial score (nSPS) is 28.3. The molecule has 0 saturated heterocycles. The van der Waals surface area contributed by atoms with Crippen molar-refractivity contribution in [1.29, 1.82) is 0 Å². The first-order valence-corrected chi connectivity index (χ1v) is 5.91. The highest BCUT2D eigenvalue weighted by Crippen LogP contribution is 2.28. The molecule has 1 fully saturated rings. The molecule has 2 unspecified atom stereocenters. The first-order valence-electron chi connectivity index (χ1n) is 5.91. The molecule has 1 aliphatic rings. The minimum Gasteiger partial charge on any atom is -0.396 e. The van der Waals surface area contributed by atoms with E-state index in [-0.39, 0.29) is 12.0 Å². The van der Waals surface area contributed by atoms with E-state index in [0.29, 0.717) is 6.04 Å². The van der Waals surface area contributed by atoms with E-state index in [4.69, 9.17) is 5.11 Å². The van der Waals surface area contributed by atoms with Gasteiger partial charge in [-0.3, -0.25) is 0 Å². The number of nitrogens with one attached hydrogen (secondary N) is 1. The number of hydrogen-bond acceptors (Lipinski definition) is 2. The van der Waals surface area contributed by atoms with Crippen LogP contribution in [0.3, 0.4) is 0 Å². The van der Waals surface area contributed by atoms with Gasteiger partial charge in [0.25, 0.3) is 0 Å². The molecule has 1 saturated carbocycles. The molecule has 2 atom stereocenters. The Balaban J connectivity index is 2.20. The SMILES string of the molecule is CCC1CCC(NCC(C)(C)CO)C1. The van der Waals surface area contributed by atoms with Crippen molar-refractivity contribution in [1.82, 2.24) is 5.32 Å². The van der Waals surface area contributed by atoms with Gasteiger partial charge < -0.3 is 10.4 Å². The van der Waals surface area contributed by atoms with Gasteiger partial charge in [-0.25, -0.2) is 0 Å². The Morgan fingerprint density at radius 1 is 1.36 bits per heavy atom. The van der Waals surface area contributed by atoms with Gasteiger partial charge in [-0.1, -0.05) is 27.2 Å². The van der Waals surface area contributed by atoms with Crippen molar-refractivity contribution in [2.45, 2.75) is 52.5 Å². The molecule has 0 aromatic heterocycles. The summed E-state index contributed by atoms with van der Waals surface area (Å²) in [5.41, 5.74) is 0.0320. The molecule has 0 aromatic rings. The maximum atomic E-state index is 9.13. The number of hydrogen-bond donors (Lipinski definition) is 2. The van der Waals surface area contributed by atoms with Crippen LogP contribution in [0, 0.1) is 11.3 Å². The minimum absolute atomic E-state index is 0.0320. The monoisotopic (exact) mass is 199 g/mol. The molecule has 84 valence electrons. The summed E-state index contributed by atoms with van der Waals surface area (Å²) in [7, 11) is 0. The zero-order chi connectivity index (χ0) is 10.6. The summed E-state index contributed by atoms with van der Waals surface area (Å²) >= 11 is 0. The van der Waals surface area contributed by atoms with E-state index in [1.165, 1.54) is 25.7 Å². The molecule has 0 heterocycles. The van der Waals surface area contributed by atoms with Crippen molar-refractivity contribution in [3.8, 4) is 0 Å². The molecule has 0 bridgehead atoms. The molecular weight excluding hydrogens is 174 g/mol. The van der Waals surface area contributed by atoms with Crippen molar-refractivity contribution in [3.05, 3.63) is 0 Å². The molecule has 1 aliphatic carbocycles. The van der Waals surface area contributed by atoms with Crippen molar-refractivity contribution < 1.29 is 5.11 Å². The lowest BCUT2D eigenvalue weighted by atomic mass is 9.94. The second-order valence-electron chi connectivity index (χ2n) is 5.49. The Hall–Kier alpha value is -0.0800. The van der Waals surface area contributed by atoms with Crippen LogP contribution in [-0.4, -0.2) is 24.3 Å². The van der Waals surface area contributed by atoms with Gasteiger partial charge in [-0.2, -0.15) is 0 Å². The van der Waals surface area contributed by atoms with Crippen molar-refractivity contribution in [2.24, 2.45) is 11.3 Å². The summed E-state index contributed by atoms with van der Waals surface area (Å²) in [4.78, 5) is 0. The summed E-state index contributed by atoms with van der Waals surface area (Å²) in [5.74, 6) is 0.935. The Morgan fingerprint density at radius 2 is 2.07 bits per heavy atom. The van der Waals surface area contributed by atoms with Gasteiger partial charge in [-0.15, -0.1) is 0 Å². The largest absolute Gasteiger partial charge is 0.396 e. The van der Waals surface area contributed by atoms with Crippen LogP contribution >= 0.6 is 0 Å². The van der Waals surface area contributed by atoms with Gasteiger partial charge in [-0.05, 0) is 25.2 Å². The van der Waals surface area contributed by atoms with E-state index in [9.17, 15) is 0 Å². The van der Waals surface area contributed by atoms with Crippen LogP contribution < -0.4 is 5.32 Å². The van der Waals surface area contributed by atoms with Gasteiger partial charge in [0.05, 0.1) is 0 Å². The number of aliphatic hydroxyl groups excluding tert-OH is 1. The molecule has 2 heteroatoms. The van der Waals surface area contributed by atoms with Crippen molar-refractivity contribution in [2.75, 3.05) is 13.2 Å². The maximum Gasteiger partial charge on any atom is 0.0494 e. The van der Waals surface area contributed by atoms with Crippen molar-refractivity contribution >= 4 is 0 Å². The highest BCUT2D eigenvalue weighted by atomic mass is 16.3. The van der Waals surface area contributed by atoms with Crippen LogP contribution in [0.5, 0.6) is 0 Å². The lowest BCUT2D eigenvalue weighted by Gasteiger charge is -2.24. The van der Waals surface area contributed by atoms with Gasteiger partial charge in [0.15, 0.2) is 0 Å². The fraction of sp³-hybridized carbons (Fsp3) is 1.00. The maximum absolute atomic E-state index is 9.13. The Labute approximate surface area is 88.1 Å². The van der Waals surface area contributed by atoms with E-state index < -0.39 is 0 Å². The molecule has 14 heavy (non-hydrogen) atoms. The van der Waals surface area contributed by atoms with Gasteiger partial charge in [0.2, 0.25) is 0 Å². The third-order valence-electron chi connectivity index (χ3n) is 3.42. The van der Waals surface area contributed by atoms with E-state index in [2.05, 4.69) is 26.1 Å². The zero-order valence-corrected chi connectivity index (χ0v) is 9.84. The van der Waals surface area contributed by atoms with Crippen molar-refractivity contribution in [3.63, 3.8) is 0 Å². The number of aliphatic hydroxyl groups is 1. The Bertz CT molecular complexity index is 168. The second-order valence-corrected chi connectivity index (χ2v) is 5.49. The third-order valence-corrected chi connectivity index (χ3v) is 3.42. The first kappa shape index (κ1) is 12.0. The van der Waals surface area contributed by atoms with Crippen LogP contribution in [0.25, 0.3) is 0 Å². The van der Waals surface area contributed by atoms with Gasteiger partial charge >= 0.3 is 0 Å². The molecular formula is C12H25NO. The fourth-order valence-corrected chi connectivity index (χ4v) is 2.11. The van der Waals surface area contributed by atoms with Crippen LogP contribution in [-0.2, 0) is 0 Å². The predicted molar refractivity (Wildman–Crippen MR) is 60.3 cm³/mol. The first-order chi connectivity index (χ1) is 6.57. The third kappa shape index (κ3) is 3.58. The summed E-state index contributed by atoms with van der Waals surface area (Å²) in [6, 6.07) is 0.700. The van der Waals surface area contributed by atoms with E-state index in [1.54, 1.807) is 0 Å². The molecule has 0 aliphatic heterocycles. The molecule has 0 aromatic carbocycles. The average molecular weight is 199 g/mol. The van der Waals surface area contributed by atoms with E-state index in [0.717, 1.165) is 12.5 Å². The molecule has 2 N–H and O–H groups in total. The topological polar surface area (TPSA) is 32.3 Å². The lowest BCUT2D eigenvalue weighted by molar-refractivity contribution is 0.153. The summed E-state index contributed by atoms with van der Waals surface area (Å²) in [5, 5.41) is 12.7. The Kier molecular flexibility index (Phi) is 4.39. The predicted octanol–water partition coefficient (Wildman–Crippen LogP) is 2.17. The summed E-state index contributed by atoms with van der Waals surface area (Å²) < 4.78 is 0. The second kappa shape index (κ2) is 5.13. The molecule has 0 radical (unpaired) electrons. The summed E-state index contributed by atoms with van der Waals surface area (Å²) in [6.07, 6.45) is 5.35. The average Bonchev–Trinajstić information content (AvgIpc) is 2.63. The minimum atomic E-state index is 0.0320. The fourth-order valence-electron chi connectivity index (χ4n) is 2.11. The number of rotatable bonds is 5. The quantitative estimate of drug-likeness (QED) is 0.711. The van der Waals surface area contributed by atoms with Crippen LogP contribution in [0.2, 0.25) is 0 Å². The van der Waals surface area contributed by atoms with E-state index in [1.807, 2.05) is 0 Å². The van der Waals surface area contributed by atoms with Crippen LogP contribution in [0.1, 0.15) is 46.5 Å². The lowest BCUT2D eigenvalue weighted by Crippen LogP contribution is -2.37. The molecule has 0 spiro atoms. The standard InChI is InChI=1S/C12H25NO/c1-4-10-5-6-11(7-10)13-8-12(2,3)9-14/h10-11,13-14H,4-9H2,1-3H3. The van der Waals surface area contributed by atoms with E-state index >= 15 is 0 Å². The van der Waals surface area contributed by atoms with Gasteiger partial charge in [0.1, 0.15) is 0 Å². The Morgan fingerprint density at radius 3 is 2.57 bits per heavy atom. The van der Waals surface area contributed by atoms with Gasteiger partial charge in [0, 0.05) is 24.6 Å². The summed E-state index contributed by atoms with van der Waals surface area (Å²) in [6.45, 7) is 7.69. The highest BCUT2D eigenvalue weighted by molar-refractivity contribution is 4.82. The molecule has 2 nitrogen and oxygen atoms in total. The van der Waals surface area contributed by atoms with Crippen LogP contribution in [0.4, 0.5) is 0 Å². The highest BCUT2D eigenvalue weighted by Gasteiger charge is 2.25. The molecule has 0 amide bonds. The molecule has 1 rings (SSSR count). The smallest absolute Gasteiger partial charge is 0.0494 e. The van der Waals surface area contributed by atoms with Crippen LogP contribution in [0.15, 0.2) is 0 Å². The zero-order valence-electron chi connectivity index (χ0n) is 9.84.